The molecule has 0 bridgehead atoms. The van der Waals surface area contributed by atoms with Crippen molar-refractivity contribution in [2.75, 3.05) is 57.8 Å². The van der Waals surface area contributed by atoms with E-state index in [1.54, 1.807) is 19.1 Å². The van der Waals surface area contributed by atoms with Gasteiger partial charge in [0.05, 0.1) is 13.2 Å². The summed E-state index contributed by atoms with van der Waals surface area (Å²) < 4.78 is 5.28. The molecule has 1 aliphatic heterocycles. The SMILES string of the molecule is CCC(=O)NCCNC(=O)/N=C(/N)NCCC[C@@H](NC(=O)[C@H](c1cccc(NCCCNC(=O)CCOCCN)c1)N1Cc2ccccc2C1)C(=O)NCc1ccc(O)cc1. The number of benzene rings is 3. The van der Waals surface area contributed by atoms with Crippen molar-refractivity contribution in [1.82, 2.24) is 36.8 Å². The zero-order valence-corrected chi connectivity index (χ0v) is 34.8. The summed E-state index contributed by atoms with van der Waals surface area (Å²) in [6, 6.07) is 19.8. The second-order valence-electron chi connectivity index (χ2n) is 14.4. The van der Waals surface area contributed by atoms with Gasteiger partial charge in [-0.1, -0.05) is 55.5 Å². The van der Waals surface area contributed by atoms with Crippen molar-refractivity contribution in [2.45, 2.75) is 70.7 Å². The minimum atomic E-state index is -0.942. The Morgan fingerprint density at radius 1 is 0.787 bits per heavy atom. The fourth-order valence-electron chi connectivity index (χ4n) is 6.53. The Bertz CT molecular complexity index is 1890. The third-order valence-electron chi connectivity index (χ3n) is 9.70. The monoisotopic (exact) mass is 843 g/mol. The zero-order valence-electron chi connectivity index (χ0n) is 34.8. The van der Waals surface area contributed by atoms with E-state index in [1.165, 1.54) is 12.1 Å². The van der Waals surface area contributed by atoms with Gasteiger partial charge in [-0.05, 0) is 65.8 Å². The van der Waals surface area contributed by atoms with Gasteiger partial charge in [0.25, 0.3) is 0 Å². The molecule has 12 N–H and O–H groups in total. The molecule has 0 spiro atoms. The van der Waals surface area contributed by atoms with Crippen molar-refractivity contribution in [1.29, 1.82) is 0 Å². The predicted molar refractivity (Wildman–Crippen MR) is 233 cm³/mol. The fraction of sp³-hybridized carbons (Fsp3) is 0.442. The molecule has 61 heavy (non-hydrogen) atoms. The van der Waals surface area contributed by atoms with Crippen molar-refractivity contribution in [3.8, 4) is 5.75 Å². The third-order valence-corrected chi connectivity index (χ3v) is 9.70. The molecule has 18 nitrogen and oxygen atoms in total. The summed E-state index contributed by atoms with van der Waals surface area (Å²) in [6.45, 7) is 5.87. The molecule has 1 aliphatic rings. The second kappa shape index (κ2) is 26.1. The molecule has 4 rings (SSSR count). The highest BCUT2D eigenvalue weighted by Gasteiger charge is 2.34. The quantitative estimate of drug-likeness (QED) is 0.0330. The van der Waals surface area contributed by atoms with Crippen molar-refractivity contribution in [3.63, 3.8) is 0 Å². The summed E-state index contributed by atoms with van der Waals surface area (Å²) >= 11 is 0. The minimum absolute atomic E-state index is 0.0896. The van der Waals surface area contributed by atoms with Gasteiger partial charge in [-0.3, -0.25) is 24.1 Å². The van der Waals surface area contributed by atoms with Gasteiger partial charge in [0.2, 0.25) is 23.6 Å². The highest BCUT2D eigenvalue weighted by molar-refractivity contribution is 5.92. The molecule has 0 saturated heterocycles. The summed E-state index contributed by atoms with van der Waals surface area (Å²) in [5.74, 6) is -0.986. The number of amides is 6. The number of phenolic OH excluding ortho intramolecular Hbond substituents is 1. The van der Waals surface area contributed by atoms with Gasteiger partial charge in [-0.15, -0.1) is 0 Å². The van der Waals surface area contributed by atoms with E-state index in [4.69, 9.17) is 16.2 Å². The largest absolute Gasteiger partial charge is 0.508 e. The number of carbonyl (C=O) groups excluding carboxylic acids is 5. The van der Waals surface area contributed by atoms with E-state index < -0.39 is 24.0 Å². The number of nitrogens with two attached hydrogens (primary N) is 2. The first-order chi connectivity index (χ1) is 29.6. The number of hydrogen-bond acceptors (Lipinski definition) is 10. The fourth-order valence-corrected chi connectivity index (χ4v) is 6.53. The maximum atomic E-state index is 14.6. The lowest BCUT2D eigenvalue weighted by Gasteiger charge is -2.29. The van der Waals surface area contributed by atoms with Crippen LogP contribution in [-0.4, -0.2) is 104 Å². The number of nitrogens with one attached hydrogen (secondary N) is 7. The molecule has 3 aromatic rings. The molecule has 0 fully saturated rings. The number of guanidine groups is 1. The van der Waals surface area contributed by atoms with Crippen molar-refractivity contribution < 1.29 is 33.8 Å². The summed E-state index contributed by atoms with van der Waals surface area (Å²) in [7, 11) is 0. The van der Waals surface area contributed by atoms with Gasteiger partial charge in [-0.25, -0.2) is 4.79 Å². The lowest BCUT2D eigenvalue weighted by molar-refractivity contribution is -0.132. The van der Waals surface area contributed by atoms with Crippen LogP contribution in [0.3, 0.4) is 0 Å². The van der Waals surface area contributed by atoms with Gasteiger partial charge < -0.3 is 58.5 Å². The highest BCUT2D eigenvalue weighted by Crippen LogP contribution is 2.33. The van der Waals surface area contributed by atoms with Gasteiger partial charge in [0.1, 0.15) is 17.8 Å². The van der Waals surface area contributed by atoms with E-state index >= 15 is 0 Å². The Morgan fingerprint density at radius 2 is 1.49 bits per heavy atom. The number of urea groups is 1. The van der Waals surface area contributed by atoms with Crippen LogP contribution in [0.2, 0.25) is 0 Å². The van der Waals surface area contributed by atoms with Crippen LogP contribution in [0.1, 0.15) is 67.3 Å². The van der Waals surface area contributed by atoms with E-state index in [0.29, 0.717) is 65.2 Å². The lowest BCUT2D eigenvalue weighted by atomic mass is 10.0. The Morgan fingerprint density at radius 3 is 2.21 bits per heavy atom. The van der Waals surface area contributed by atoms with Gasteiger partial charge in [0, 0.05) is 77.4 Å². The summed E-state index contributed by atoms with van der Waals surface area (Å²) in [5, 5.41) is 30.0. The van der Waals surface area contributed by atoms with Crippen molar-refractivity contribution >= 4 is 41.3 Å². The molecule has 0 aliphatic carbocycles. The first kappa shape index (κ1) is 47.4. The first-order valence-electron chi connectivity index (χ1n) is 20.7. The number of anilines is 1. The van der Waals surface area contributed by atoms with Gasteiger partial charge in [-0.2, -0.15) is 4.99 Å². The molecule has 0 radical (unpaired) electrons. The summed E-state index contributed by atoms with van der Waals surface area (Å²) in [6.07, 6.45) is 1.88. The summed E-state index contributed by atoms with van der Waals surface area (Å²) in [5.41, 5.74) is 15.9. The number of hydrogen-bond donors (Lipinski definition) is 10. The van der Waals surface area contributed by atoms with Crippen LogP contribution in [0, 0.1) is 0 Å². The standard InChI is InChI=1S/C43H61N11O7/c1-2-37(56)48-22-23-50-43(60)53-42(45)49-19-6-12-36(40(58)51-27-30-13-15-35(55)16-14-30)52-41(59)39(54-28-32-8-3-4-9-33(32)29-54)31-10-5-11-34(26-31)46-20-7-21-47-38(57)17-24-61-25-18-44/h3-5,8-11,13-16,26,36,39,46,55H,2,6-7,12,17-25,27-29,44H2,1H3,(H,47,57)(H,48,56)(H,51,58)(H,52,59)(H4,45,49,50,53,60)/t36-,39+/m1/s1. The van der Waals surface area contributed by atoms with Crippen LogP contribution < -0.4 is 48.7 Å². The van der Waals surface area contributed by atoms with Crippen LogP contribution in [-0.2, 0) is 43.5 Å². The number of ether oxygens (including phenoxy) is 1. The topological polar surface area (TPSA) is 267 Å². The number of aromatic hydroxyl groups is 1. The van der Waals surface area contributed by atoms with Crippen LogP contribution >= 0.6 is 0 Å². The highest BCUT2D eigenvalue weighted by atomic mass is 16.5. The van der Waals surface area contributed by atoms with Crippen LogP contribution in [0.5, 0.6) is 5.75 Å². The first-order valence-corrected chi connectivity index (χ1v) is 20.7. The van der Waals surface area contributed by atoms with E-state index in [0.717, 1.165) is 27.9 Å². The number of phenols is 1. The molecule has 18 heteroatoms. The molecule has 0 unspecified atom stereocenters. The predicted octanol–water partition coefficient (Wildman–Crippen LogP) is 1.45. The number of nitrogens with zero attached hydrogens (tertiary/aromatic N) is 2. The average Bonchev–Trinajstić information content (AvgIpc) is 3.68. The number of rotatable bonds is 25. The third kappa shape index (κ3) is 17.1. The van der Waals surface area contributed by atoms with Gasteiger partial charge >= 0.3 is 6.03 Å². The normalized spacial score (nSPS) is 13.3. The molecule has 0 aromatic heterocycles. The lowest BCUT2D eigenvalue weighted by Crippen LogP contribution is -2.50. The van der Waals surface area contributed by atoms with Crippen LogP contribution in [0.15, 0.2) is 77.8 Å². The molecule has 2 atom stereocenters. The van der Waals surface area contributed by atoms with Gasteiger partial charge in [0.15, 0.2) is 5.96 Å². The van der Waals surface area contributed by atoms with E-state index in [1.807, 2.05) is 48.5 Å². The number of fused-ring (bicyclic) bond motifs is 1. The van der Waals surface area contributed by atoms with Crippen molar-refractivity contribution in [3.05, 3.63) is 95.1 Å². The molecular weight excluding hydrogens is 783 g/mol. The Hall–Kier alpha value is -6.24. The van der Waals surface area contributed by atoms with E-state index in [-0.39, 0.29) is 68.5 Å². The summed E-state index contributed by atoms with van der Waals surface area (Å²) in [4.78, 5) is 69.9. The van der Waals surface area contributed by atoms with Crippen LogP contribution in [0.4, 0.5) is 10.5 Å². The maximum Gasteiger partial charge on any atom is 0.344 e. The maximum absolute atomic E-state index is 14.6. The van der Waals surface area contributed by atoms with E-state index in [2.05, 4.69) is 47.1 Å². The molecule has 330 valence electrons. The Kier molecular flexibility index (Phi) is 20.3. The molecule has 1 heterocycles. The average molecular weight is 844 g/mol. The minimum Gasteiger partial charge on any atom is -0.508 e. The smallest absolute Gasteiger partial charge is 0.344 e. The Labute approximate surface area is 357 Å². The molecule has 3 aromatic carbocycles. The van der Waals surface area contributed by atoms with Crippen LogP contribution in [0.25, 0.3) is 0 Å². The molecule has 6 amide bonds. The number of aliphatic imine (C=N–C) groups is 1. The Balaban J connectivity index is 1.43. The number of carbonyl (C=O) groups is 5. The van der Waals surface area contributed by atoms with E-state index in [9.17, 15) is 29.1 Å². The zero-order chi connectivity index (χ0) is 43.8. The molecular formula is C43H61N11O7. The second-order valence-corrected chi connectivity index (χ2v) is 14.4. The molecule has 0 saturated carbocycles. The van der Waals surface area contributed by atoms with Crippen molar-refractivity contribution in [2.24, 2.45) is 16.5 Å².